The van der Waals surface area contributed by atoms with Crippen molar-refractivity contribution in [2.45, 2.75) is 18.4 Å². The second-order valence-corrected chi connectivity index (χ2v) is 11.5. The fourth-order valence-electron chi connectivity index (χ4n) is 3.48. The van der Waals surface area contributed by atoms with Gasteiger partial charge >= 0.3 is 5.97 Å². The van der Waals surface area contributed by atoms with Crippen molar-refractivity contribution in [3.8, 4) is 0 Å². The Morgan fingerprint density at radius 2 is 1.75 bits per heavy atom. The van der Waals surface area contributed by atoms with Gasteiger partial charge < -0.3 is 9.30 Å². The van der Waals surface area contributed by atoms with E-state index in [0.717, 1.165) is 14.7 Å². The lowest BCUT2D eigenvalue weighted by Gasteiger charge is -2.19. The van der Waals surface area contributed by atoms with Gasteiger partial charge in [0.1, 0.15) is 6.54 Å². The normalized spacial score (nSPS) is 12.0. The molecule has 1 amide bonds. The average molecular weight is 589 g/mol. The number of aromatic nitrogens is 1. The predicted octanol–water partition coefficient (Wildman–Crippen LogP) is 4.59. The molecule has 11 heteroatoms. The highest BCUT2D eigenvalue weighted by Gasteiger charge is 2.21. The van der Waals surface area contributed by atoms with E-state index in [1.54, 1.807) is 41.8 Å². The second-order valence-electron chi connectivity index (χ2n) is 7.64. The standard InChI is InChI=1S/C25H22BrN3O5S2/c1-3-34-23(30)16-29-21-14-11-18(26)15-22(21)35-25(29)27-24(31)17-9-12-20(13-10-17)36(32,33)28(2)19-7-5-4-6-8-19/h4-15H,3,16H2,1-2H3. The number of carbonyl (C=O) groups is 2. The maximum Gasteiger partial charge on any atom is 0.326 e. The first kappa shape index (κ1) is 25.8. The zero-order valence-corrected chi connectivity index (χ0v) is 22.6. The zero-order valence-electron chi connectivity index (χ0n) is 19.4. The van der Waals surface area contributed by atoms with Crippen LogP contribution in [0, 0.1) is 0 Å². The van der Waals surface area contributed by atoms with Gasteiger partial charge in [0.15, 0.2) is 4.80 Å². The number of carbonyl (C=O) groups excluding carboxylic acids is 2. The summed E-state index contributed by atoms with van der Waals surface area (Å²) < 4.78 is 35.6. The number of amides is 1. The third-order valence-corrected chi connectivity index (χ3v) is 8.65. The number of sulfonamides is 1. The van der Waals surface area contributed by atoms with E-state index in [2.05, 4.69) is 20.9 Å². The highest BCUT2D eigenvalue weighted by molar-refractivity contribution is 9.10. The first-order chi connectivity index (χ1) is 17.2. The molecule has 0 bridgehead atoms. The molecule has 0 radical (unpaired) electrons. The van der Waals surface area contributed by atoms with Crippen LogP contribution in [-0.2, 0) is 26.1 Å². The van der Waals surface area contributed by atoms with E-state index in [4.69, 9.17) is 4.74 Å². The number of halogens is 1. The molecule has 3 aromatic carbocycles. The summed E-state index contributed by atoms with van der Waals surface area (Å²) in [5.74, 6) is -0.996. The zero-order chi connectivity index (χ0) is 25.9. The van der Waals surface area contributed by atoms with E-state index < -0.39 is 21.9 Å². The number of fused-ring (bicyclic) bond motifs is 1. The number of para-hydroxylation sites is 1. The van der Waals surface area contributed by atoms with Crippen LogP contribution in [0.15, 0.2) is 87.2 Å². The Kier molecular flexibility index (Phi) is 7.72. The van der Waals surface area contributed by atoms with E-state index >= 15 is 0 Å². The van der Waals surface area contributed by atoms with E-state index in [0.29, 0.717) is 10.5 Å². The summed E-state index contributed by atoms with van der Waals surface area (Å²) in [5, 5.41) is 0. The Morgan fingerprint density at radius 3 is 2.42 bits per heavy atom. The van der Waals surface area contributed by atoms with Gasteiger partial charge in [-0.1, -0.05) is 45.5 Å². The van der Waals surface area contributed by atoms with E-state index in [1.807, 2.05) is 18.2 Å². The molecule has 0 aliphatic carbocycles. The molecule has 1 aromatic heterocycles. The smallest absolute Gasteiger partial charge is 0.326 e. The van der Waals surface area contributed by atoms with Crippen molar-refractivity contribution in [1.82, 2.24) is 4.57 Å². The van der Waals surface area contributed by atoms with Crippen LogP contribution in [0.5, 0.6) is 0 Å². The van der Waals surface area contributed by atoms with E-state index in [9.17, 15) is 18.0 Å². The van der Waals surface area contributed by atoms with Crippen LogP contribution in [-0.4, -0.2) is 38.5 Å². The predicted molar refractivity (Wildman–Crippen MR) is 143 cm³/mol. The fourth-order valence-corrected chi connectivity index (χ4v) is 6.25. The van der Waals surface area contributed by atoms with Crippen LogP contribution in [0.2, 0.25) is 0 Å². The summed E-state index contributed by atoms with van der Waals surface area (Å²) >= 11 is 4.70. The Labute approximate surface area is 220 Å². The first-order valence-electron chi connectivity index (χ1n) is 10.9. The van der Waals surface area contributed by atoms with Crippen LogP contribution in [0.1, 0.15) is 17.3 Å². The molecule has 1 heterocycles. The molecule has 186 valence electrons. The minimum absolute atomic E-state index is 0.0505. The fraction of sp³-hybridized carbons (Fsp3) is 0.160. The molecule has 8 nitrogen and oxygen atoms in total. The van der Waals surface area contributed by atoms with Crippen molar-refractivity contribution in [1.29, 1.82) is 0 Å². The molecule has 0 aliphatic heterocycles. The Balaban J connectivity index is 1.66. The van der Waals surface area contributed by atoms with Crippen molar-refractivity contribution < 1.29 is 22.7 Å². The Hall–Kier alpha value is -3.28. The van der Waals surface area contributed by atoms with E-state index in [1.165, 1.54) is 47.0 Å². The lowest BCUT2D eigenvalue weighted by Crippen LogP contribution is -2.26. The Morgan fingerprint density at radius 1 is 1.06 bits per heavy atom. The van der Waals surface area contributed by atoms with Crippen molar-refractivity contribution in [3.05, 3.63) is 87.6 Å². The van der Waals surface area contributed by atoms with E-state index in [-0.39, 0.29) is 23.6 Å². The maximum atomic E-state index is 13.0. The van der Waals surface area contributed by atoms with Crippen molar-refractivity contribution in [3.63, 3.8) is 0 Å². The Bertz CT molecular complexity index is 1590. The SMILES string of the molecule is CCOC(=O)Cn1c(=NC(=O)c2ccc(S(=O)(=O)N(C)c3ccccc3)cc2)sc2cc(Br)ccc21. The molecule has 0 fully saturated rings. The molecule has 0 atom stereocenters. The summed E-state index contributed by atoms with van der Waals surface area (Å²) in [5.41, 5.74) is 1.49. The minimum Gasteiger partial charge on any atom is -0.465 e. The molecule has 4 aromatic rings. The maximum absolute atomic E-state index is 13.0. The van der Waals surface area contributed by atoms with Gasteiger partial charge in [-0.15, -0.1) is 0 Å². The van der Waals surface area contributed by atoms with Gasteiger partial charge in [0.05, 0.1) is 27.4 Å². The monoisotopic (exact) mass is 587 g/mol. The summed E-state index contributed by atoms with van der Waals surface area (Å²) in [7, 11) is -2.33. The van der Waals surface area contributed by atoms with Crippen molar-refractivity contribution in [2.24, 2.45) is 4.99 Å². The van der Waals surface area contributed by atoms with Crippen molar-refractivity contribution in [2.75, 3.05) is 18.0 Å². The summed E-state index contributed by atoms with van der Waals surface area (Å²) in [6, 6.07) is 19.9. The first-order valence-corrected chi connectivity index (χ1v) is 13.9. The molecule has 36 heavy (non-hydrogen) atoms. The lowest BCUT2D eigenvalue weighted by atomic mass is 10.2. The molecule has 0 saturated heterocycles. The third-order valence-electron chi connectivity index (χ3n) is 5.31. The number of esters is 1. The van der Waals surface area contributed by atoms with Crippen LogP contribution < -0.4 is 9.11 Å². The van der Waals surface area contributed by atoms with Gasteiger partial charge in [-0.3, -0.25) is 13.9 Å². The van der Waals surface area contributed by atoms with Gasteiger partial charge in [0.2, 0.25) is 0 Å². The van der Waals surface area contributed by atoms with Gasteiger partial charge in [-0.2, -0.15) is 4.99 Å². The van der Waals surface area contributed by atoms with Gasteiger partial charge in [-0.25, -0.2) is 8.42 Å². The molecule has 0 aliphatic rings. The van der Waals surface area contributed by atoms with Crippen LogP contribution in [0.3, 0.4) is 0 Å². The van der Waals surface area contributed by atoms with Gasteiger partial charge in [-0.05, 0) is 61.5 Å². The van der Waals surface area contributed by atoms with Crippen LogP contribution >= 0.6 is 27.3 Å². The second kappa shape index (κ2) is 10.8. The number of rotatable bonds is 7. The van der Waals surface area contributed by atoms with Gasteiger partial charge in [0, 0.05) is 17.1 Å². The number of nitrogens with zero attached hydrogens (tertiary/aromatic N) is 3. The summed E-state index contributed by atoms with van der Waals surface area (Å²) in [4.78, 5) is 29.8. The average Bonchev–Trinajstić information content (AvgIpc) is 3.19. The molecular formula is C25H22BrN3O5S2. The summed E-state index contributed by atoms with van der Waals surface area (Å²) in [6.07, 6.45) is 0. The minimum atomic E-state index is -3.81. The van der Waals surface area contributed by atoms with Crippen molar-refractivity contribution >= 4 is 65.1 Å². The molecule has 4 rings (SSSR count). The largest absolute Gasteiger partial charge is 0.465 e. The lowest BCUT2D eigenvalue weighted by molar-refractivity contribution is -0.143. The molecule has 0 N–H and O–H groups in total. The quantitative estimate of drug-likeness (QED) is 0.294. The summed E-state index contributed by atoms with van der Waals surface area (Å²) in [6.45, 7) is 1.87. The number of anilines is 1. The van der Waals surface area contributed by atoms with Crippen LogP contribution in [0.25, 0.3) is 10.2 Å². The van der Waals surface area contributed by atoms with Crippen LogP contribution in [0.4, 0.5) is 5.69 Å². The highest BCUT2D eigenvalue weighted by Crippen LogP contribution is 2.24. The molecule has 0 unspecified atom stereocenters. The molecule has 0 saturated carbocycles. The third kappa shape index (κ3) is 5.43. The molecular weight excluding hydrogens is 566 g/mol. The highest BCUT2D eigenvalue weighted by atomic mass is 79.9. The number of benzene rings is 3. The number of hydrogen-bond acceptors (Lipinski definition) is 6. The number of hydrogen-bond donors (Lipinski definition) is 0. The van der Waals surface area contributed by atoms with Gasteiger partial charge in [0.25, 0.3) is 15.9 Å². The number of thiazole rings is 1. The topological polar surface area (TPSA) is 98.0 Å². The number of ether oxygens (including phenoxy) is 1. The molecule has 0 spiro atoms.